The second-order valence-electron chi connectivity index (χ2n) is 2.94. The van der Waals surface area contributed by atoms with Crippen molar-refractivity contribution < 1.29 is 4.89 Å². The molecule has 64 valence electrons. The van der Waals surface area contributed by atoms with Crippen molar-refractivity contribution in [3.8, 4) is 0 Å². The summed E-state index contributed by atoms with van der Waals surface area (Å²) in [5, 5.41) is 11.8. The Hall–Kier alpha value is -0.470. The Balaban J connectivity index is 2.49. The molecule has 1 aromatic rings. The van der Waals surface area contributed by atoms with Gasteiger partial charge in [0.2, 0.25) is 8.96 Å². The van der Waals surface area contributed by atoms with Gasteiger partial charge in [0.15, 0.2) is 0 Å². The molecule has 1 aliphatic rings. The number of para-hydroxylation sites is 1. The molecule has 0 aliphatic carbocycles. The van der Waals surface area contributed by atoms with Crippen LogP contribution >= 0.6 is 8.96 Å². The van der Waals surface area contributed by atoms with Crippen molar-refractivity contribution in [2.24, 2.45) is 0 Å². The van der Waals surface area contributed by atoms with Crippen molar-refractivity contribution in [2.75, 3.05) is 6.54 Å². The summed E-state index contributed by atoms with van der Waals surface area (Å²) in [7, 11) is -0.587. The zero-order chi connectivity index (χ0) is 8.60. The molecule has 1 heterocycles. The normalized spacial score (nSPS) is 28.2. The second-order valence-corrected chi connectivity index (χ2v) is 3.86. The van der Waals surface area contributed by atoms with Crippen LogP contribution in [0, 0.1) is 5.21 Å². The van der Waals surface area contributed by atoms with Crippen LogP contribution in [-0.2, 0) is 6.42 Å². The van der Waals surface area contributed by atoms with E-state index in [0.717, 1.165) is 17.7 Å². The molecule has 1 aliphatic heterocycles. The molecule has 0 radical (unpaired) electrons. The maximum absolute atomic E-state index is 11.8. The lowest BCUT2D eigenvalue weighted by atomic mass is 10.2. The lowest BCUT2D eigenvalue weighted by Gasteiger charge is -2.34. The summed E-state index contributed by atoms with van der Waals surface area (Å²) in [6, 6.07) is 7.52. The summed E-state index contributed by atoms with van der Waals surface area (Å²) < 4.78 is -0.545. The van der Waals surface area contributed by atoms with Gasteiger partial charge in [-0.1, -0.05) is 18.2 Å². The fourth-order valence-corrected chi connectivity index (χ4v) is 2.11. The molecular weight excluding hydrogens is 173 g/mol. The molecule has 2 unspecified atom stereocenters. The van der Waals surface area contributed by atoms with Gasteiger partial charge in [-0.25, -0.2) is 0 Å². The molecule has 1 N–H and O–H groups in total. The Kier molecular flexibility index (Phi) is 1.89. The molecule has 4 heteroatoms. The van der Waals surface area contributed by atoms with Gasteiger partial charge in [0.25, 0.3) is 0 Å². The van der Waals surface area contributed by atoms with Crippen molar-refractivity contribution in [1.29, 1.82) is 0 Å². The number of rotatable bonds is 1. The van der Waals surface area contributed by atoms with Crippen LogP contribution in [0.1, 0.15) is 5.56 Å². The Labute approximate surface area is 72.7 Å². The first-order valence-corrected chi connectivity index (χ1v) is 4.74. The zero-order valence-electron chi connectivity index (χ0n) is 6.53. The molecule has 2 atom stereocenters. The van der Waals surface area contributed by atoms with E-state index in [1.54, 1.807) is 6.07 Å². The Morgan fingerprint density at radius 1 is 1.42 bits per heavy atom. The number of nitrogens with zero attached hydrogens (tertiary/aromatic N) is 1. The average Bonchev–Trinajstić information content (AvgIpc) is 2.46. The van der Waals surface area contributed by atoms with Crippen LogP contribution in [-0.4, -0.2) is 11.4 Å². The number of hydroxylamine groups is 1. The van der Waals surface area contributed by atoms with Crippen LogP contribution in [0.3, 0.4) is 0 Å². The third-order valence-electron chi connectivity index (χ3n) is 2.24. The van der Waals surface area contributed by atoms with Gasteiger partial charge < -0.3 is 10.1 Å². The van der Waals surface area contributed by atoms with E-state index in [4.69, 9.17) is 4.89 Å². The highest BCUT2D eigenvalue weighted by molar-refractivity contribution is 7.31. The fourth-order valence-electron chi connectivity index (χ4n) is 1.58. The highest BCUT2D eigenvalue weighted by atomic mass is 31.1. The highest BCUT2D eigenvalue weighted by Crippen LogP contribution is 2.41. The van der Waals surface area contributed by atoms with Crippen LogP contribution in [0.2, 0.25) is 0 Å². The predicted octanol–water partition coefficient (Wildman–Crippen LogP) is 1.55. The van der Waals surface area contributed by atoms with Crippen LogP contribution < -0.4 is 4.42 Å². The largest absolute Gasteiger partial charge is 0.625 e. The van der Waals surface area contributed by atoms with Crippen LogP contribution in [0.4, 0.5) is 5.69 Å². The Bertz CT molecular complexity index is 305. The highest BCUT2D eigenvalue weighted by Gasteiger charge is 2.29. The molecule has 0 bridgehead atoms. The average molecular weight is 183 g/mol. The van der Waals surface area contributed by atoms with Crippen LogP contribution in [0.25, 0.3) is 0 Å². The van der Waals surface area contributed by atoms with Gasteiger partial charge in [0.1, 0.15) is 5.69 Å². The van der Waals surface area contributed by atoms with Gasteiger partial charge in [-0.2, -0.15) is 0 Å². The van der Waals surface area contributed by atoms with E-state index in [2.05, 4.69) is 0 Å². The van der Waals surface area contributed by atoms with Crippen LogP contribution in [0.15, 0.2) is 24.3 Å². The minimum absolute atomic E-state index is 0.480. The Morgan fingerprint density at radius 2 is 2.17 bits per heavy atom. The molecule has 12 heavy (non-hydrogen) atoms. The van der Waals surface area contributed by atoms with E-state index in [9.17, 15) is 5.21 Å². The third kappa shape index (κ3) is 1.06. The summed E-state index contributed by atoms with van der Waals surface area (Å²) in [6.45, 7) is 0.480. The van der Waals surface area contributed by atoms with Crippen molar-refractivity contribution in [3.63, 3.8) is 0 Å². The second kappa shape index (κ2) is 2.79. The molecule has 0 aromatic heterocycles. The molecule has 0 amide bonds. The van der Waals surface area contributed by atoms with E-state index in [0.29, 0.717) is 6.54 Å². The van der Waals surface area contributed by atoms with E-state index in [1.165, 1.54) is 0 Å². The van der Waals surface area contributed by atoms with Gasteiger partial charge in [-0.15, -0.1) is 0 Å². The van der Waals surface area contributed by atoms with E-state index >= 15 is 0 Å². The standard InChI is InChI=1S/C8H10NO2P/c10-9(12-11)6-5-7-3-1-2-4-8(7)9/h1-4,11-12H,5-6H2. The molecule has 2 rings (SSSR count). The zero-order valence-corrected chi connectivity index (χ0v) is 7.53. The minimum Gasteiger partial charge on any atom is -0.625 e. The van der Waals surface area contributed by atoms with Crippen molar-refractivity contribution in [1.82, 2.24) is 4.42 Å². The van der Waals surface area contributed by atoms with Crippen molar-refractivity contribution in [2.45, 2.75) is 6.42 Å². The molecular formula is C8H10NO2P. The number of hydrogen-bond acceptors (Lipinski definition) is 2. The lowest BCUT2D eigenvalue weighted by molar-refractivity contribution is 0.539. The lowest BCUT2D eigenvalue weighted by Crippen LogP contribution is -2.30. The summed E-state index contributed by atoms with van der Waals surface area (Å²) in [6.07, 6.45) is 0.785. The first-order chi connectivity index (χ1) is 5.76. The molecule has 1 aromatic carbocycles. The van der Waals surface area contributed by atoms with Gasteiger partial charge in [-0.05, 0) is 6.07 Å². The number of hydrogen-bond donors (Lipinski definition) is 1. The first-order valence-electron chi connectivity index (χ1n) is 3.85. The van der Waals surface area contributed by atoms with Gasteiger partial charge in [0.05, 0.1) is 6.54 Å². The fraction of sp³-hybridized carbons (Fsp3) is 0.250. The van der Waals surface area contributed by atoms with Gasteiger partial charge in [-0.3, -0.25) is 4.42 Å². The number of fused-ring (bicyclic) bond motifs is 1. The summed E-state index contributed by atoms with van der Waals surface area (Å²) in [4.78, 5) is 8.96. The molecule has 0 saturated carbocycles. The topological polar surface area (TPSA) is 43.3 Å². The van der Waals surface area contributed by atoms with E-state index in [1.807, 2.05) is 18.2 Å². The monoisotopic (exact) mass is 183 g/mol. The smallest absolute Gasteiger partial charge is 0.241 e. The van der Waals surface area contributed by atoms with E-state index < -0.39 is 13.4 Å². The molecule has 0 spiro atoms. The number of benzene rings is 1. The summed E-state index contributed by atoms with van der Waals surface area (Å²) in [5.74, 6) is 0. The quantitative estimate of drug-likeness (QED) is 0.530. The van der Waals surface area contributed by atoms with Gasteiger partial charge in [0, 0.05) is 12.0 Å². The van der Waals surface area contributed by atoms with Gasteiger partial charge >= 0.3 is 0 Å². The maximum atomic E-state index is 11.8. The van der Waals surface area contributed by atoms with Crippen LogP contribution in [0.5, 0.6) is 0 Å². The van der Waals surface area contributed by atoms with E-state index in [-0.39, 0.29) is 0 Å². The third-order valence-corrected chi connectivity index (χ3v) is 3.03. The molecule has 0 fully saturated rings. The minimum atomic E-state index is -0.587. The Morgan fingerprint density at radius 3 is 2.92 bits per heavy atom. The first kappa shape index (κ1) is 8.14. The van der Waals surface area contributed by atoms with Crippen molar-refractivity contribution >= 4 is 14.6 Å². The number of quaternary nitrogens is 1. The maximum Gasteiger partial charge on any atom is 0.241 e. The molecule has 0 saturated heterocycles. The van der Waals surface area contributed by atoms with Crippen molar-refractivity contribution in [3.05, 3.63) is 35.0 Å². The predicted molar refractivity (Wildman–Crippen MR) is 50.7 cm³/mol. The summed E-state index contributed by atoms with van der Waals surface area (Å²) >= 11 is 0. The summed E-state index contributed by atoms with van der Waals surface area (Å²) in [5.41, 5.74) is 1.81. The molecule has 3 nitrogen and oxygen atoms in total. The SMILES string of the molecule is [O-][N+]1(PO)CCc2ccccc21.